The monoisotopic (exact) mass is 283 g/mol. The molecule has 1 N–H and O–H groups in total. The summed E-state index contributed by atoms with van der Waals surface area (Å²) in [4.78, 5) is 23.6. The number of nitrogens with zero attached hydrogens (tertiary/aromatic N) is 1. The van der Waals surface area contributed by atoms with Crippen LogP contribution in [0, 0.1) is 5.41 Å². The minimum atomic E-state index is -3.08. The molecule has 0 aromatic rings. The number of halogens is 4. The summed E-state index contributed by atoms with van der Waals surface area (Å²) in [6, 6.07) is -1.45. The molecule has 19 heavy (non-hydrogen) atoms. The third-order valence-corrected chi connectivity index (χ3v) is 3.81. The van der Waals surface area contributed by atoms with Gasteiger partial charge in [-0.2, -0.15) is 0 Å². The van der Waals surface area contributed by atoms with Crippen molar-refractivity contribution in [1.82, 2.24) is 4.90 Å². The highest BCUT2D eigenvalue weighted by Crippen LogP contribution is 2.49. The van der Waals surface area contributed by atoms with Crippen LogP contribution < -0.4 is 0 Å². The van der Waals surface area contributed by atoms with Crippen LogP contribution in [0.2, 0.25) is 0 Å². The molecule has 1 saturated heterocycles. The van der Waals surface area contributed by atoms with Gasteiger partial charge in [-0.1, -0.05) is 0 Å². The molecule has 1 aliphatic heterocycles. The van der Waals surface area contributed by atoms with E-state index in [0.717, 1.165) is 0 Å². The molecule has 0 bridgehead atoms. The van der Waals surface area contributed by atoms with Gasteiger partial charge in [-0.05, 0) is 12.8 Å². The maximum Gasteiger partial charge on any atom is 0.326 e. The van der Waals surface area contributed by atoms with Crippen molar-refractivity contribution >= 4 is 11.9 Å². The molecule has 0 unspecified atom stereocenters. The van der Waals surface area contributed by atoms with Gasteiger partial charge in [0, 0.05) is 6.42 Å². The van der Waals surface area contributed by atoms with E-state index in [1.54, 1.807) is 0 Å². The van der Waals surface area contributed by atoms with Crippen LogP contribution in [0.1, 0.15) is 19.3 Å². The van der Waals surface area contributed by atoms with Crippen molar-refractivity contribution in [2.75, 3.05) is 6.54 Å². The first-order valence-corrected chi connectivity index (χ1v) is 5.88. The number of amides is 1. The van der Waals surface area contributed by atoms with Gasteiger partial charge < -0.3 is 10.0 Å². The number of hydrogen-bond donors (Lipinski definition) is 1. The predicted molar refractivity (Wildman–Crippen MR) is 55.2 cm³/mol. The van der Waals surface area contributed by atoms with E-state index < -0.39 is 67.9 Å². The van der Waals surface area contributed by atoms with Crippen LogP contribution in [0.4, 0.5) is 17.6 Å². The Kier molecular flexibility index (Phi) is 3.44. The van der Waals surface area contributed by atoms with E-state index in [1.807, 2.05) is 0 Å². The Morgan fingerprint density at radius 2 is 1.79 bits per heavy atom. The van der Waals surface area contributed by atoms with Gasteiger partial charge in [0.25, 0.3) is 6.43 Å². The second-order valence-corrected chi connectivity index (χ2v) is 5.11. The zero-order chi connectivity index (χ0) is 14.4. The molecule has 8 heteroatoms. The molecule has 2 aliphatic rings. The highest BCUT2D eigenvalue weighted by atomic mass is 19.3. The van der Waals surface area contributed by atoms with E-state index >= 15 is 0 Å². The van der Waals surface area contributed by atoms with E-state index in [-0.39, 0.29) is 0 Å². The molecule has 0 aromatic heterocycles. The van der Waals surface area contributed by atoms with Crippen molar-refractivity contribution in [1.29, 1.82) is 0 Å². The molecule has 1 amide bonds. The number of hydrogen-bond acceptors (Lipinski definition) is 2. The Bertz CT molecular complexity index is 397. The van der Waals surface area contributed by atoms with Crippen LogP contribution in [-0.4, -0.2) is 53.2 Å². The lowest BCUT2D eigenvalue weighted by Gasteiger charge is -2.44. The van der Waals surface area contributed by atoms with Gasteiger partial charge in [0.2, 0.25) is 5.91 Å². The lowest BCUT2D eigenvalue weighted by atomic mass is 9.66. The standard InChI is InChI=1S/C11H13F4NO3/c12-5-1-7(8(17)18)16(4-5)10(19)11(9(14)15)2-6(13)3-11/h5-7,9H,1-4H2,(H,17,18)/t5-,6?,7+,11?/m1/s1. The molecule has 0 aromatic carbocycles. The van der Waals surface area contributed by atoms with E-state index in [1.165, 1.54) is 0 Å². The lowest BCUT2D eigenvalue weighted by Crippen LogP contribution is -2.58. The zero-order valence-corrected chi connectivity index (χ0v) is 9.86. The molecule has 2 fully saturated rings. The van der Waals surface area contributed by atoms with Crippen molar-refractivity contribution in [3.8, 4) is 0 Å². The van der Waals surface area contributed by atoms with Crippen LogP contribution in [-0.2, 0) is 9.59 Å². The van der Waals surface area contributed by atoms with Gasteiger partial charge >= 0.3 is 5.97 Å². The molecule has 4 nitrogen and oxygen atoms in total. The van der Waals surface area contributed by atoms with Gasteiger partial charge in [-0.15, -0.1) is 0 Å². The van der Waals surface area contributed by atoms with E-state index in [4.69, 9.17) is 5.11 Å². The largest absolute Gasteiger partial charge is 0.480 e. The average Bonchev–Trinajstić information content (AvgIpc) is 2.65. The minimum absolute atomic E-state index is 0.417. The predicted octanol–water partition coefficient (Wildman–Crippen LogP) is 1.39. The third-order valence-electron chi connectivity index (χ3n) is 3.81. The Morgan fingerprint density at radius 1 is 1.21 bits per heavy atom. The summed E-state index contributed by atoms with van der Waals surface area (Å²) in [7, 11) is 0. The minimum Gasteiger partial charge on any atom is -0.480 e. The number of rotatable bonds is 3. The van der Waals surface area contributed by atoms with E-state index in [0.29, 0.717) is 4.90 Å². The Balaban J connectivity index is 2.20. The molecule has 108 valence electrons. The number of carboxylic acid groups (broad SMARTS) is 1. The summed E-state index contributed by atoms with van der Waals surface area (Å²) in [5.74, 6) is -2.59. The van der Waals surface area contributed by atoms with Gasteiger partial charge in [-0.3, -0.25) is 4.79 Å². The fourth-order valence-corrected chi connectivity index (χ4v) is 2.71. The van der Waals surface area contributed by atoms with Gasteiger partial charge in [-0.25, -0.2) is 22.4 Å². The van der Waals surface area contributed by atoms with E-state index in [2.05, 4.69) is 0 Å². The zero-order valence-electron chi connectivity index (χ0n) is 9.86. The number of carbonyl (C=O) groups excluding carboxylic acids is 1. The van der Waals surface area contributed by atoms with Crippen molar-refractivity contribution in [3.05, 3.63) is 0 Å². The first kappa shape index (κ1) is 14.1. The summed E-state index contributed by atoms with van der Waals surface area (Å²) in [5.41, 5.74) is -2.18. The van der Waals surface area contributed by atoms with Crippen molar-refractivity contribution in [2.24, 2.45) is 5.41 Å². The topological polar surface area (TPSA) is 57.6 Å². The quantitative estimate of drug-likeness (QED) is 0.796. The van der Waals surface area contributed by atoms with Crippen LogP contribution in [0.5, 0.6) is 0 Å². The third kappa shape index (κ3) is 2.17. The SMILES string of the molecule is O=C(O)[C@@H]1C[C@@H](F)CN1C(=O)C1(C(F)F)CC(F)C1. The van der Waals surface area contributed by atoms with Crippen LogP contribution in [0.3, 0.4) is 0 Å². The normalized spacial score (nSPS) is 38.4. The fraction of sp³-hybridized carbons (Fsp3) is 0.818. The lowest BCUT2D eigenvalue weighted by molar-refractivity contribution is -0.174. The molecule has 1 aliphatic carbocycles. The van der Waals surface area contributed by atoms with Crippen LogP contribution in [0.25, 0.3) is 0 Å². The van der Waals surface area contributed by atoms with Crippen molar-refractivity contribution in [2.45, 2.75) is 44.1 Å². The fourth-order valence-electron chi connectivity index (χ4n) is 2.71. The number of carboxylic acids is 1. The maximum absolute atomic E-state index is 13.2. The van der Waals surface area contributed by atoms with Gasteiger partial charge in [0.1, 0.15) is 23.8 Å². The second-order valence-electron chi connectivity index (χ2n) is 5.11. The Hall–Kier alpha value is -1.34. The second kappa shape index (κ2) is 4.64. The van der Waals surface area contributed by atoms with Crippen LogP contribution in [0.15, 0.2) is 0 Å². The first-order chi connectivity index (χ1) is 8.78. The molecular weight excluding hydrogens is 270 g/mol. The molecule has 0 spiro atoms. The Morgan fingerprint density at radius 3 is 2.21 bits per heavy atom. The van der Waals surface area contributed by atoms with Crippen molar-refractivity contribution in [3.63, 3.8) is 0 Å². The molecule has 1 saturated carbocycles. The van der Waals surface area contributed by atoms with Crippen molar-refractivity contribution < 1.29 is 32.3 Å². The highest BCUT2D eigenvalue weighted by molar-refractivity contribution is 5.89. The van der Waals surface area contributed by atoms with Gasteiger partial charge in [0.05, 0.1) is 6.54 Å². The summed E-state index contributed by atoms with van der Waals surface area (Å²) >= 11 is 0. The van der Waals surface area contributed by atoms with Gasteiger partial charge in [0.15, 0.2) is 0 Å². The summed E-state index contributed by atoms with van der Waals surface area (Å²) in [6.45, 7) is -0.527. The molecular formula is C11H13F4NO3. The maximum atomic E-state index is 13.2. The molecule has 1 heterocycles. The highest BCUT2D eigenvalue weighted by Gasteiger charge is 2.60. The van der Waals surface area contributed by atoms with Crippen LogP contribution >= 0.6 is 0 Å². The summed E-state index contributed by atoms with van der Waals surface area (Å²) in [6.07, 6.45) is -7.82. The number of likely N-dealkylation sites (tertiary alicyclic amines) is 1. The molecule has 0 radical (unpaired) electrons. The number of alkyl halides is 4. The molecule has 2 rings (SSSR count). The summed E-state index contributed by atoms with van der Waals surface area (Å²) < 4.78 is 52.0. The average molecular weight is 283 g/mol. The Labute approximate surface area is 106 Å². The number of carbonyl (C=O) groups is 2. The molecule has 2 atom stereocenters. The van der Waals surface area contributed by atoms with E-state index in [9.17, 15) is 27.2 Å². The smallest absolute Gasteiger partial charge is 0.326 e. The summed E-state index contributed by atoms with van der Waals surface area (Å²) in [5, 5.41) is 8.88. The number of aliphatic carboxylic acids is 1. The first-order valence-electron chi connectivity index (χ1n) is 5.88.